The maximum absolute atomic E-state index is 11.9. The SMILES string of the molecule is Cc1cc(OCc2ncc(CCC(=O)O)c(=O)[nH]2)cc(C)c1Cl. The molecule has 7 heteroatoms. The molecule has 23 heavy (non-hydrogen) atoms. The fourth-order valence-corrected chi connectivity index (χ4v) is 2.20. The zero-order valence-corrected chi connectivity index (χ0v) is 13.6. The third-order valence-corrected chi connectivity index (χ3v) is 3.92. The van der Waals surface area contributed by atoms with Gasteiger partial charge in [-0.05, 0) is 43.5 Å². The molecule has 122 valence electrons. The van der Waals surface area contributed by atoms with Gasteiger partial charge >= 0.3 is 5.97 Å². The van der Waals surface area contributed by atoms with Crippen LogP contribution in [-0.4, -0.2) is 21.0 Å². The van der Waals surface area contributed by atoms with Crippen molar-refractivity contribution in [3.63, 3.8) is 0 Å². The molecule has 0 amide bonds. The largest absolute Gasteiger partial charge is 0.486 e. The Kier molecular flexibility index (Phi) is 5.39. The molecule has 0 unspecified atom stereocenters. The third kappa shape index (κ3) is 4.56. The van der Waals surface area contributed by atoms with Crippen LogP contribution in [0.3, 0.4) is 0 Å². The van der Waals surface area contributed by atoms with Gasteiger partial charge in [0.05, 0.1) is 0 Å². The first kappa shape index (κ1) is 17.0. The average molecular weight is 337 g/mol. The predicted molar refractivity (Wildman–Crippen MR) is 86.1 cm³/mol. The van der Waals surface area contributed by atoms with Crippen molar-refractivity contribution in [1.29, 1.82) is 0 Å². The van der Waals surface area contributed by atoms with Crippen molar-refractivity contribution in [2.75, 3.05) is 0 Å². The molecule has 0 fully saturated rings. The Hall–Kier alpha value is -2.34. The van der Waals surface area contributed by atoms with E-state index in [1.165, 1.54) is 6.20 Å². The summed E-state index contributed by atoms with van der Waals surface area (Å²) in [4.78, 5) is 29.1. The highest BCUT2D eigenvalue weighted by atomic mass is 35.5. The van der Waals surface area contributed by atoms with Gasteiger partial charge in [0, 0.05) is 23.2 Å². The van der Waals surface area contributed by atoms with Gasteiger partial charge in [-0.15, -0.1) is 0 Å². The van der Waals surface area contributed by atoms with Crippen LogP contribution in [0.2, 0.25) is 5.02 Å². The Morgan fingerprint density at radius 2 is 2.00 bits per heavy atom. The summed E-state index contributed by atoms with van der Waals surface area (Å²) in [6.45, 7) is 3.88. The normalized spacial score (nSPS) is 10.6. The summed E-state index contributed by atoms with van der Waals surface area (Å²) >= 11 is 6.10. The summed E-state index contributed by atoms with van der Waals surface area (Å²) in [5.41, 5.74) is 1.82. The van der Waals surface area contributed by atoms with E-state index >= 15 is 0 Å². The molecule has 0 radical (unpaired) electrons. The van der Waals surface area contributed by atoms with Gasteiger partial charge in [-0.3, -0.25) is 9.59 Å². The smallest absolute Gasteiger partial charge is 0.303 e. The van der Waals surface area contributed by atoms with Crippen molar-refractivity contribution in [3.05, 3.63) is 56.2 Å². The Balaban J connectivity index is 2.05. The van der Waals surface area contributed by atoms with Crippen LogP contribution in [0.25, 0.3) is 0 Å². The van der Waals surface area contributed by atoms with Crippen molar-refractivity contribution in [2.24, 2.45) is 0 Å². The molecule has 6 nitrogen and oxygen atoms in total. The van der Waals surface area contributed by atoms with E-state index < -0.39 is 5.97 Å². The summed E-state index contributed by atoms with van der Waals surface area (Å²) in [6, 6.07) is 3.63. The molecule has 2 rings (SSSR count). The number of aryl methyl sites for hydroxylation is 3. The zero-order chi connectivity index (χ0) is 17.0. The van der Waals surface area contributed by atoms with Crippen LogP contribution in [0.15, 0.2) is 23.1 Å². The average Bonchev–Trinajstić information content (AvgIpc) is 2.49. The van der Waals surface area contributed by atoms with E-state index in [0.29, 0.717) is 22.2 Å². The van der Waals surface area contributed by atoms with Crippen molar-refractivity contribution >= 4 is 17.6 Å². The molecule has 0 spiro atoms. The lowest BCUT2D eigenvalue weighted by Crippen LogP contribution is -2.18. The van der Waals surface area contributed by atoms with Crippen LogP contribution in [0, 0.1) is 13.8 Å². The van der Waals surface area contributed by atoms with E-state index in [9.17, 15) is 9.59 Å². The van der Waals surface area contributed by atoms with Gasteiger partial charge in [0.15, 0.2) is 0 Å². The topological polar surface area (TPSA) is 92.3 Å². The highest BCUT2D eigenvalue weighted by molar-refractivity contribution is 6.32. The highest BCUT2D eigenvalue weighted by Crippen LogP contribution is 2.26. The number of carboxylic acids is 1. The lowest BCUT2D eigenvalue weighted by atomic mass is 10.1. The molecule has 2 aromatic rings. The summed E-state index contributed by atoms with van der Waals surface area (Å²) < 4.78 is 5.62. The number of H-pyrrole nitrogens is 1. The number of rotatable bonds is 6. The lowest BCUT2D eigenvalue weighted by molar-refractivity contribution is -0.136. The number of halogens is 1. The van der Waals surface area contributed by atoms with Crippen molar-refractivity contribution < 1.29 is 14.6 Å². The van der Waals surface area contributed by atoms with Crippen LogP contribution in [0.5, 0.6) is 5.75 Å². The van der Waals surface area contributed by atoms with E-state index in [2.05, 4.69) is 9.97 Å². The lowest BCUT2D eigenvalue weighted by Gasteiger charge is -2.09. The number of carboxylic acid groups (broad SMARTS) is 1. The van der Waals surface area contributed by atoms with Gasteiger partial charge in [-0.25, -0.2) is 4.98 Å². The highest BCUT2D eigenvalue weighted by Gasteiger charge is 2.07. The number of hydrogen-bond acceptors (Lipinski definition) is 4. The van der Waals surface area contributed by atoms with Gasteiger partial charge in [0.2, 0.25) is 0 Å². The van der Waals surface area contributed by atoms with E-state index in [1.54, 1.807) is 0 Å². The van der Waals surface area contributed by atoms with Crippen molar-refractivity contribution in [2.45, 2.75) is 33.3 Å². The Bertz CT molecular complexity index is 763. The number of nitrogens with one attached hydrogen (secondary N) is 1. The molecule has 1 heterocycles. The van der Waals surface area contributed by atoms with Crippen LogP contribution < -0.4 is 10.3 Å². The first-order valence-electron chi connectivity index (χ1n) is 7.05. The monoisotopic (exact) mass is 336 g/mol. The number of hydrogen-bond donors (Lipinski definition) is 2. The Labute approximate surface area is 138 Å². The Morgan fingerprint density at radius 3 is 2.57 bits per heavy atom. The maximum Gasteiger partial charge on any atom is 0.303 e. The second-order valence-corrected chi connectivity index (χ2v) is 5.62. The predicted octanol–water partition coefficient (Wildman–Crippen LogP) is 2.64. The van der Waals surface area contributed by atoms with Crippen molar-refractivity contribution in [3.8, 4) is 5.75 Å². The second kappa shape index (κ2) is 7.28. The molecular formula is C16H17ClN2O4. The zero-order valence-electron chi connectivity index (χ0n) is 12.9. The first-order chi connectivity index (χ1) is 10.9. The van der Waals surface area contributed by atoms with E-state index in [0.717, 1.165) is 11.1 Å². The number of aromatic amines is 1. The van der Waals surface area contributed by atoms with Crippen LogP contribution >= 0.6 is 11.6 Å². The molecule has 1 aromatic carbocycles. The van der Waals surface area contributed by atoms with Crippen molar-refractivity contribution in [1.82, 2.24) is 9.97 Å². The molecule has 2 N–H and O–H groups in total. The van der Waals surface area contributed by atoms with E-state index in [1.807, 2.05) is 26.0 Å². The van der Waals surface area contributed by atoms with Gasteiger partial charge < -0.3 is 14.8 Å². The molecule has 0 atom stereocenters. The van der Waals surface area contributed by atoms with Crippen LogP contribution in [0.1, 0.15) is 28.9 Å². The minimum absolute atomic E-state index is 0.106. The number of nitrogens with zero attached hydrogens (tertiary/aromatic N) is 1. The number of aliphatic carboxylic acids is 1. The third-order valence-electron chi connectivity index (χ3n) is 3.32. The number of aromatic nitrogens is 2. The van der Waals surface area contributed by atoms with Gasteiger partial charge in [0.1, 0.15) is 18.2 Å². The molecular weight excluding hydrogens is 320 g/mol. The second-order valence-electron chi connectivity index (χ2n) is 5.24. The van der Waals surface area contributed by atoms with Gasteiger partial charge in [-0.1, -0.05) is 11.6 Å². The van der Waals surface area contributed by atoms with E-state index in [4.69, 9.17) is 21.4 Å². The molecule has 0 bridgehead atoms. The minimum atomic E-state index is -0.953. The standard InChI is InChI=1S/C16H17ClN2O4/c1-9-5-12(6-10(2)15(9)17)23-8-13-18-7-11(16(22)19-13)3-4-14(20)21/h5-7H,3-4,8H2,1-2H3,(H,20,21)(H,18,19,22). The molecule has 0 saturated carbocycles. The van der Waals surface area contributed by atoms with Gasteiger partial charge in [0.25, 0.3) is 5.56 Å². The summed E-state index contributed by atoms with van der Waals surface area (Å²) in [7, 11) is 0. The quantitative estimate of drug-likeness (QED) is 0.846. The molecule has 0 aliphatic carbocycles. The van der Waals surface area contributed by atoms with Crippen LogP contribution in [0.4, 0.5) is 0 Å². The minimum Gasteiger partial charge on any atom is -0.486 e. The molecule has 0 saturated heterocycles. The number of benzene rings is 1. The van der Waals surface area contributed by atoms with Crippen LogP contribution in [-0.2, 0) is 17.8 Å². The Morgan fingerprint density at radius 1 is 1.35 bits per heavy atom. The summed E-state index contributed by atoms with van der Waals surface area (Å²) in [5, 5.41) is 9.33. The number of carbonyl (C=O) groups is 1. The van der Waals surface area contributed by atoms with E-state index in [-0.39, 0.29) is 25.0 Å². The summed E-state index contributed by atoms with van der Waals surface area (Å²) in [6.07, 6.45) is 1.43. The fraction of sp³-hybridized carbons (Fsp3) is 0.312. The molecule has 1 aromatic heterocycles. The first-order valence-corrected chi connectivity index (χ1v) is 7.43. The molecule has 0 aliphatic rings. The summed E-state index contributed by atoms with van der Waals surface area (Å²) in [5.74, 6) is 0.0617. The maximum atomic E-state index is 11.9. The number of ether oxygens (including phenoxy) is 1. The molecule has 0 aliphatic heterocycles. The van der Waals surface area contributed by atoms with Gasteiger partial charge in [-0.2, -0.15) is 0 Å². The fourth-order valence-electron chi connectivity index (χ4n) is 2.09.